The molecule has 0 aliphatic rings. The minimum atomic E-state index is 0.946. The first-order chi connectivity index (χ1) is 14.5. The largest absolute Gasteiger partial charge is 0.296 e. The van der Waals surface area contributed by atoms with Gasteiger partial charge >= 0.3 is 0 Å². The summed E-state index contributed by atoms with van der Waals surface area (Å²) in [6.45, 7) is 8.63. The Balaban J connectivity index is 1.72. The summed E-state index contributed by atoms with van der Waals surface area (Å²) in [4.78, 5) is 9.48. The zero-order valence-electron chi connectivity index (χ0n) is 17.6. The highest BCUT2D eigenvalue weighted by atomic mass is 32.1. The average molecular weight is 410 g/mol. The Hall–Kier alpha value is -3.24. The number of nitrogens with zero attached hydrogens (tertiary/aromatic N) is 3. The molecule has 0 saturated heterocycles. The van der Waals surface area contributed by atoms with Crippen LogP contribution in [-0.4, -0.2) is 14.5 Å². The third kappa shape index (κ3) is 2.96. The molecule has 0 amide bonds. The van der Waals surface area contributed by atoms with Crippen molar-refractivity contribution in [1.29, 1.82) is 0 Å². The minimum absolute atomic E-state index is 0.946. The van der Waals surface area contributed by atoms with Crippen LogP contribution in [0.15, 0.2) is 66.3 Å². The van der Waals surface area contributed by atoms with E-state index in [9.17, 15) is 0 Å². The van der Waals surface area contributed by atoms with Crippen molar-refractivity contribution in [2.75, 3.05) is 0 Å². The van der Waals surface area contributed by atoms with Gasteiger partial charge in [-0.3, -0.25) is 4.57 Å². The summed E-state index contributed by atoms with van der Waals surface area (Å²) >= 11 is 1.69. The van der Waals surface area contributed by atoms with E-state index in [2.05, 4.69) is 91.8 Å². The van der Waals surface area contributed by atoms with Crippen LogP contribution >= 0.6 is 11.3 Å². The van der Waals surface area contributed by atoms with E-state index in [0.717, 1.165) is 22.6 Å². The van der Waals surface area contributed by atoms with Gasteiger partial charge in [-0.1, -0.05) is 36.4 Å². The zero-order chi connectivity index (χ0) is 20.8. The van der Waals surface area contributed by atoms with Crippen LogP contribution in [0, 0.1) is 27.7 Å². The standard InChI is InChI=1S/C26H23N3S/c1-16-10-11-22(23-25(16)30-15-28-23)26-27-14-19(4)29(26)24-17(2)12-21(13-18(24)3)20-8-6-5-7-9-20/h5-15H,1-4H3. The van der Waals surface area contributed by atoms with Crippen LogP contribution in [0.4, 0.5) is 0 Å². The van der Waals surface area contributed by atoms with Gasteiger partial charge in [-0.2, -0.15) is 0 Å². The van der Waals surface area contributed by atoms with Crippen LogP contribution in [0.3, 0.4) is 0 Å². The molecule has 4 heteroatoms. The maximum Gasteiger partial charge on any atom is 0.146 e. The molecule has 0 saturated carbocycles. The summed E-state index contributed by atoms with van der Waals surface area (Å²) in [5, 5.41) is 0. The number of aryl methyl sites for hydroxylation is 4. The normalized spacial score (nSPS) is 11.3. The lowest BCUT2D eigenvalue weighted by molar-refractivity contribution is 0.988. The fourth-order valence-electron chi connectivity index (χ4n) is 4.28. The van der Waals surface area contributed by atoms with Gasteiger partial charge in [0.2, 0.25) is 0 Å². The quantitative estimate of drug-likeness (QED) is 0.320. The predicted octanol–water partition coefficient (Wildman–Crippen LogP) is 7.05. The summed E-state index contributed by atoms with van der Waals surface area (Å²) in [7, 11) is 0. The van der Waals surface area contributed by atoms with E-state index in [-0.39, 0.29) is 0 Å². The van der Waals surface area contributed by atoms with Crippen molar-refractivity contribution >= 4 is 21.6 Å². The Morgan fingerprint density at radius 3 is 2.23 bits per heavy atom. The van der Waals surface area contributed by atoms with Gasteiger partial charge in [0.15, 0.2) is 0 Å². The molecule has 3 aromatic carbocycles. The van der Waals surface area contributed by atoms with E-state index in [4.69, 9.17) is 4.98 Å². The van der Waals surface area contributed by atoms with Crippen LogP contribution in [0.1, 0.15) is 22.4 Å². The molecule has 0 aliphatic heterocycles. The van der Waals surface area contributed by atoms with Gasteiger partial charge in [0.05, 0.1) is 21.4 Å². The highest BCUT2D eigenvalue weighted by molar-refractivity contribution is 7.17. The third-order valence-corrected chi connectivity index (χ3v) is 6.64. The summed E-state index contributed by atoms with van der Waals surface area (Å²) in [5.74, 6) is 0.946. The number of fused-ring (bicyclic) bond motifs is 1. The molecule has 0 radical (unpaired) electrons. The Morgan fingerprint density at radius 1 is 0.767 bits per heavy atom. The number of rotatable bonds is 3. The average Bonchev–Trinajstić information content (AvgIpc) is 3.37. The van der Waals surface area contributed by atoms with Gasteiger partial charge in [-0.05, 0) is 73.7 Å². The van der Waals surface area contributed by atoms with E-state index >= 15 is 0 Å². The van der Waals surface area contributed by atoms with Crippen molar-refractivity contribution in [3.63, 3.8) is 0 Å². The van der Waals surface area contributed by atoms with Crippen LogP contribution in [0.5, 0.6) is 0 Å². The molecule has 5 aromatic rings. The van der Waals surface area contributed by atoms with Gasteiger partial charge in [-0.25, -0.2) is 9.97 Å². The number of thiazole rings is 1. The maximum atomic E-state index is 4.81. The van der Waals surface area contributed by atoms with E-state index in [1.807, 2.05) is 11.7 Å². The number of imidazole rings is 1. The summed E-state index contributed by atoms with van der Waals surface area (Å²) in [6, 6.07) is 19.4. The Morgan fingerprint density at radius 2 is 1.50 bits per heavy atom. The topological polar surface area (TPSA) is 30.7 Å². The number of hydrogen-bond donors (Lipinski definition) is 0. The van der Waals surface area contributed by atoms with E-state index in [1.165, 1.54) is 38.2 Å². The summed E-state index contributed by atoms with van der Waals surface area (Å²) in [6.07, 6.45) is 1.96. The van der Waals surface area contributed by atoms with Gasteiger partial charge in [0.1, 0.15) is 5.82 Å². The first-order valence-electron chi connectivity index (χ1n) is 10.1. The molecule has 0 spiro atoms. The van der Waals surface area contributed by atoms with E-state index in [1.54, 1.807) is 11.3 Å². The second-order valence-corrected chi connectivity index (χ2v) is 8.70. The van der Waals surface area contributed by atoms with Crippen LogP contribution < -0.4 is 0 Å². The molecule has 2 heterocycles. The third-order valence-electron chi connectivity index (χ3n) is 5.68. The van der Waals surface area contributed by atoms with Crippen LogP contribution in [-0.2, 0) is 0 Å². The van der Waals surface area contributed by atoms with Crippen molar-refractivity contribution in [1.82, 2.24) is 14.5 Å². The zero-order valence-corrected chi connectivity index (χ0v) is 18.4. The monoisotopic (exact) mass is 409 g/mol. The van der Waals surface area contributed by atoms with Crippen molar-refractivity contribution in [3.8, 4) is 28.2 Å². The molecule has 3 nitrogen and oxygen atoms in total. The summed E-state index contributed by atoms with van der Waals surface area (Å²) in [5.41, 5.74) is 12.6. The second kappa shape index (κ2) is 7.22. The van der Waals surface area contributed by atoms with Gasteiger partial charge < -0.3 is 0 Å². The van der Waals surface area contributed by atoms with Crippen molar-refractivity contribution in [3.05, 3.63) is 88.7 Å². The van der Waals surface area contributed by atoms with Gasteiger partial charge in [-0.15, -0.1) is 11.3 Å². The van der Waals surface area contributed by atoms with Crippen LogP contribution in [0.25, 0.3) is 38.4 Å². The molecule has 0 unspecified atom stereocenters. The van der Waals surface area contributed by atoms with Gasteiger partial charge in [0.25, 0.3) is 0 Å². The van der Waals surface area contributed by atoms with Crippen LogP contribution in [0.2, 0.25) is 0 Å². The molecule has 2 aromatic heterocycles. The predicted molar refractivity (Wildman–Crippen MR) is 127 cm³/mol. The molecule has 0 atom stereocenters. The molecule has 0 fully saturated rings. The van der Waals surface area contributed by atoms with Gasteiger partial charge in [0, 0.05) is 17.5 Å². The SMILES string of the molecule is Cc1cc(-c2ccccc2)cc(C)c1-n1c(C)cnc1-c1ccc(C)c2scnc12. The molecular formula is C26H23N3S. The second-order valence-electron chi connectivity index (χ2n) is 7.84. The highest BCUT2D eigenvalue weighted by Crippen LogP contribution is 2.35. The van der Waals surface area contributed by atoms with Crippen molar-refractivity contribution in [2.45, 2.75) is 27.7 Å². The smallest absolute Gasteiger partial charge is 0.146 e. The molecule has 0 N–H and O–H groups in total. The minimum Gasteiger partial charge on any atom is -0.296 e. The van der Waals surface area contributed by atoms with Crippen molar-refractivity contribution < 1.29 is 0 Å². The lowest BCUT2D eigenvalue weighted by Gasteiger charge is -2.18. The summed E-state index contributed by atoms with van der Waals surface area (Å²) < 4.78 is 3.51. The first kappa shape index (κ1) is 18.8. The molecule has 0 bridgehead atoms. The number of aromatic nitrogens is 3. The Bertz CT molecular complexity index is 1350. The molecule has 148 valence electrons. The Labute approximate surface area is 180 Å². The molecular weight excluding hydrogens is 386 g/mol. The lowest BCUT2D eigenvalue weighted by Crippen LogP contribution is -2.05. The fourth-order valence-corrected chi connectivity index (χ4v) is 5.07. The van der Waals surface area contributed by atoms with Crippen molar-refractivity contribution in [2.24, 2.45) is 0 Å². The lowest BCUT2D eigenvalue weighted by atomic mass is 9.98. The van der Waals surface area contributed by atoms with E-state index in [0.29, 0.717) is 0 Å². The molecule has 30 heavy (non-hydrogen) atoms. The fraction of sp³-hybridized carbons (Fsp3) is 0.154. The highest BCUT2D eigenvalue weighted by Gasteiger charge is 2.19. The molecule has 5 rings (SSSR count). The number of benzene rings is 3. The molecule has 0 aliphatic carbocycles. The maximum absolute atomic E-state index is 4.81. The van der Waals surface area contributed by atoms with E-state index < -0.39 is 0 Å². The Kier molecular flexibility index (Phi) is 4.52. The number of hydrogen-bond acceptors (Lipinski definition) is 3. The first-order valence-corrected chi connectivity index (χ1v) is 11.0.